The van der Waals surface area contributed by atoms with Crippen LogP contribution in [0.15, 0.2) is 35.4 Å². The monoisotopic (exact) mass is 517 g/mol. The van der Waals surface area contributed by atoms with Crippen LogP contribution in [0, 0.1) is 5.82 Å². The van der Waals surface area contributed by atoms with Crippen LogP contribution < -0.4 is 10.9 Å². The quantitative estimate of drug-likeness (QED) is 0.520. The SMILES string of the molecule is COC1(c2cc3c(N[C@H](C)c4cccc(C(F)F)c4F)ncnc3n(C)c2=O)CCCN(C(C)=O)CC1. The molecule has 0 spiro atoms. The van der Waals surface area contributed by atoms with Crippen LogP contribution in [0.2, 0.25) is 0 Å². The molecule has 1 aliphatic heterocycles. The number of ether oxygens (including phenoxy) is 1. The van der Waals surface area contributed by atoms with Crippen molar-refractivity contribution in [1.29, 1.82) is 0 Å². The van der Waals surface area contributed by atoms with Crippen molar-refractivity contribution in [2.45, 2.75) is 51.2 Å². The Morgan fingerprint density at radius 2 is 1.92 bits per heavy atom. The Hall–Kier alpha value is -3.47. The molecule has 1 saturated heterocycles. The number of pyridine rings is 1. The minimum absolute atomic E-state index is 0.0321. The molecule has 1 aliphatic rings. The Morgan fingerprint density at radius 3 is 2.59 bits per heavy atom. The summed E-state index contributed by atoms with van der Waals surface area (Å²) < 4.78 is 48.6. The fraction of sp³-hybridized carbons (Fsp3) is 0.462. The minimum Gasteiger partial charge on any atom is -0.373 e. The Kier molecular flexibility index (Phi) is 7.54. The van der Waals surface area contributed by atoms with Gasteiger partial charge in [-0.15, -0.1) is 0 Å². The highest BCUT2D eigenvalue weighted by atomic mass is 19.3. The number of aromatic nitrogens is 3. The molecular formula is C26H30F3N5O3. The summed E-state index contributed by atoms with van der Waals surface area (Å²) in [4.78, 5) is 35.8. The van der Waals surface area contributed by atoms with Crippen LogP contribution in [0.5, 0.6) is 0 Å². The third-order valence-corrected chi connectivity index (χ3v) is 7.24. The number of nitrogens with one attached hydrogen (secondary N) is 1. The maximum Gasteiger partial charge on any atom is 0.266 e. The Balaban J connectivity index is 1.79. The maximum atomic E-state index is 14.8. The summed E-state index contributed by atoms with van der Waals surface area (Å²) in [7, 11) is 3.15. The van der Waals surface area contributed by atoms with E-state index in [-0.39, 0.29) is 17.0 Å². The van der Waals surface area contributed by atoms with Gasteiger partial charge in [0.15, 0.2) is 0 Å². The highest BCUT2D eigenvalue weighted by molar-refractivity contribution is 5.87. The van der Waals surface area contributed by atoms with Gasteiger partial charge >= 0.3 is 0 Å². The molecule has 2 atom stereocenters. The van der Waals surface area contributed by atoms with E-state index < -0.39 is 29.4 Å². The number of hydrogen-bond acceptors (Lipinski definition) is 6. The summed E-state index contributed by atoms with van der Waals surface area (Å²) >= 11 is 0. The van der Waals surface area contributed by atoms with E-state index in [0.29, 0.717) is 54.8 Å². The molecule has 2 aromatic heterocycles. The lowest BCUT2D eigenvalue weighted by molar-refractivity contribution is -0.129. The number of hydrogen-bond donors (Lipinski definition) is 1. The molecule has 0 aliphatic carbocycles. The highest BCUT2D eigenvalue weighted by Gasteiger charge is 2.38. The lowest BCUT2D eigenvalue weighted by Crippen LogP contribution is -2.38. The van der Waals surface area contributed by atoms with Crippen LogP contribution in [0.4, 0.5) is 19.0 Å². The van der Waals surface area contributed by atoms with Crippen LogP contribution in [0.3, 0.4) is 0 Å². The zero-order chi connectivity index (χ0) is 26.9. The van der Waals surface area contributed by atoms with E-state index in [4.69, 9.17) is 4.74 Å². The second-order valence-corrected chi connectivity index (χ2v) is 9.36. The number of amides is 1. The van der Waals surface area contributed by atoms with Crippen LogP contribution in [0.25, 0.3) is 11.0 Å². The van der Waals surface area contributed by atoms with Gasteiger partial charge in [-0.1, -0.05) is 18.2 Å². The second kappa shape index (κ2) is 10.5. The van der Waals surface area contributed by atoms with E-state index in [2.05, 4.69) is 15.3 Å². The number of aryl methyl sites for hydroxylation is 1. The predicted octanol–water partition coefficient (Wildman–Crippen LogP) is 4.45. The van der Waals surface area contributed by atoms with Gasteiger partial charge in [0, 0.05) is 39.7 Å². The van der Waals surface area contributed by atoms with Crippen molar-refractivity contribution in [2.75, 3.05) is 25.5 Å². The average molecular weight is 518 g/mol. The molecule has 1 N–H and O–H groups in total. The largest absolute Gasteiger partial charge is 0.373 e. The third kappa shape index (κ3) is 4.92. The fourth-order valence-electron chi connectivity index (χ4n) is 5.07. The van der Waals surface area contributed by atoms with Crippen LogP contribution >= 0.6 is 0 Å². The van der Waals surface area contributed by atoms with Crippen molar-refractivity contribution in [3.05, 3.63) is 63.5 Å². The molecule has 1 fully saturated rings. The molecule has 0 bridgehead atoms. The number of methoxy groups -OCH3 is 1. The van der Waals surface area contributed by atoms with Gasteiger partial charge in [0.05, 0.1) is 28.2 Å². The number of carbonyl (C=O) groups is 1. The van der Waals surface area contributed by atoms with Crippen LogP contribution in [0.1, 0.15) is 62.3 Å². The van der Waals surface area contributed by atoms with E-state index in [9.17, 15) is 22.8 Å². The summed E-state index contributed by atoms with van der Waals surface area (Å²) in [5.74, 6) is -0.687. The topological polar surface area (TPSA) is 89.3 Å². The smallest absolute Gasteiger partial charge is 0.266 e. The molecule has 1 amide bonds. The van der Waals surface area contributed by atoms with E-state index in [1.165, 1.54) is 30.0 Å². The molecule has 4 rings (SSSR count). The first-order chi connectivity index (χ1) is 17.6. The zero-order valence-corrected chi connectivity index (χ0v) is 21.2. The molecular weight excluding hydrogens is 487 g/mol. The summed E-state index contributed by atoms with van der Waals surface area (Å²) in [6.07, 6.45) is -0.0329. The van der Waals surface area contributed by atoms with Gasteiger partial charge in [0.1, 0.15) is 23.6 Å². The van der Waals surface area contributed by atoms with E-state index >= 15 is 0 Å². The van der Waals surface area contributed by atoms with Crippen molar-refractivity contribution < 1.29 is 22.7 Å². The number of alkyl halides is 2. The summed E-state index contributed by atoms with van der Waals surface area (Å²) in [6, 6.07) is 4.86. The van der Waals surface area contributed by atoms with Gasteiger partial charge in [0.25, 0.3) is 12.0 Å². The van der Waals surface area contributed by atoms with Gasteiger partial charge in [-0.3, -0.25) is 14.2 Å². The molecule has 0 radical (unpaired) electrons. The van der Waals surface area contributed by atoms with Gasteiger partial charge in [-0.25, -0.2) is 23.1 Å². The second-order valence-electron chi connectivity index (χ2n) is 9.36. The fourth-order valence-corrected chi connectivity index (χ4v) is 5.07. The zero-order valence-electron chi connectivity index (χ0n) is 21.2. The lowest BCUT2D eigenvalue weighted by Gasteiger charge is -2.32. The Morgan fingerprint density at radius 1 is 1.19 bits per heavy atom. The van der Waals surface area contributed by atoms with Crippen molar-refractivity contribution in [2.24, 2.45) is 7.05 Å². The van der Waals surface area contributed by atoms with E-state index in [0.717, 1.165) is 6.07 Å². The number of benzene rings is 1. The van der Waals surface area contributed by atoms with Crippen LogP contribution in [-0.2, 0) is 22.2 Å². The third-order valence-electron chi connectivity index (χ3n) is 7.24. The van der Waals surface area contributed by atoms with Crippen molar-refractivity contribution in [3.63, 3.8) is 0 Å². The van der Waals surface area contributed by atoms with Gasteiger partial charge < -0.3 is 15.0 Å². The molecule has 11 heteroatoms. The van der Waals surface area contributed by atoms with Gasteiger partial charge in [-0.2, -0.15) is 0 Å². The number of fused-ring (bicyclic) bond motifs is 1. The number of likely N-dealkylation sites (tertiary alicyclic amines) is 1. The normalized spacial score (nSPS) is 19.2. The van der Waals surface area contributed by atoms with Crippen molar-refractivity contribution in [1.82, 2.24) is 19.4 Å². The van der Waals surface area contributed by atoms with E-state index in [1.807, 2.05) is 0 Å². The first-order valence-corrected chi connectivity index (χ1v) is 12.1. The number of halogens is 3. The van der Waals surface area contributed by atoms with Crippen molar-refractivity contribution >= 4 is 22.8 Å². The molecule has 1 unspecified atom stereocenters. The molecule has 3 heterocycles. The number of carbonyl (C=O) groups excluding carboxylic acids is 1. The Bertz CT molecular complexity index is 1380. The highest BCUT2D eigenvalue weighted by Crippen LogP contribution is 2.37. The first-order valence-electron chi connectivity index (χ1n) is 12.1. The summed E-state index contributed by atoms with van der Waals surface area (Å²) in [5.41, 5.74) is -1.05. The first kappa shape index (κ1) is 26.6. The number of anilines is 1. The summed E-state index contributed by atoms with van der Waals surface area (Å²) in [6.45, 7) is 4.18. The van der Waals surface area contributed by atoms with E-state index in [1.54, 1.807) is 32.0 Å². The standard InChI is InChI=1S/C26H30F3N5O3/c1-15(17-7-5-8-18(21(17)27)22(28)29)32-23-19-13-20(25(36)33(3)24(19)31-14-30-23)26(37-4)9-6-11-34(12-10-26)16(2)35/h5,7-8,13-15,22H,6,9-12H2,1-4H3,(H,30,31,32)/t15-,26?/m1/s1. The molecule has 1 aromatic carbocycles. The average Bonchev–Trinajstić information content (AvgIpc) is 3.10. The molecule has 198 valence electrons. The molecule has 3 aromatic rings. The summed E-state index contributed by atoms with van der Waals surface area (Å²) in [5, 5.41) is 3.61. The number of nitrogens with zero attached hydrogens (tertiary/aromatic N) is 4. The molecule has 8 nitrogen and oxygen atoms in total. The molecule has 0 saturated carbocycles. The minimum atomic E-state index is -2.94. The Labute approximate surface area is 212 Å². The van der Waals surface area contributed by atoms with Crippen LogP contribution in [-0.4, -0.2) is 45.5 Å². The molecule has 37 heavy (non-hydrogen) atoms. The lowest BCUT2D eigenvalue weighted by atomic mass is 9.86. The van der Waals surface area contributed by atoms with Gasteiger partial charge in [-0.05, 0) is 32.3 Å². The van der Waals surface area contributed by atoms with Gasteiger partial charge in [0.2, 0.25) is 5.91 Å². The number of rotatable bonds is 6. The van der Waals surface area contributed by atoms with Crippen molar-refractivity contribution in [3.8, 4) is 0 Å². The predicted molar refractivity (Wildman–Crippen MR) is 133 cm³/mol. The maximum absolute atomic E-state index is 14.8.